The minimum absolute atomic E-state index is 0.0112. The SMILES string of the molecule is N#Cc1cc(CN2CCC(C(O)C(=O)NC3CC3)CC2)ccc1F. The zero-order chi connectivity index (χ0) is 17.1. The van der Waals surface area contributed by atoms with Crippen LogP contribution in [-0.4, -0.2) is 41.1 Å². The van der Waals surface area contributed by atoms with E-state index >= 15 is 0 Å². The predicted octanol–water partition coefficient (Wildman–Crippen LogP) is 1.55. The first kappa shape index (κ1) is 16.9. The number of nitrogens with one attached hydrogen (secondary N) is 1. The molecule has 1 aliphatic carbocycles. The van der Waals surface area contributed by atoms with E-state index in [1.807, 2.05) is 6.07 Å². The average molecular weight is 331 g/mol. The van der Waals surface area contributed by atoms with Gasteiger partial charge in [0.2, 0.25) is 5.91 Å². The van der Waals surface area contributed by atoms with Crippen LogP contribution < -0.4 is 5.32 Å². The second-order valence-electron chi connectivity index (χ2n) is 6.77. The molecular formula is C18H22FN3O2. The van der Waals surface area contributed by atoms with Crippen molar-refractivity contribution in [1.29, 1.82) is 5.26 Å². The highest BCUT2D eigenvalue weighted by Crippen LogP contribution is 2.24. The molecule has 6 heteroatoms. The molecule has 2 aliphatic rings. The van der Waals surface area contributed by atoms with E-state index in [1.165, 1.54) is 6.07 Å². The van der Waals surface area contributed by atoms with Crippen LogP contribution in [0.1, 0.15) is 36.8 Å². The summed E-state index contributed by atoms with van der Waals surface area (Å²) in [5.74, 6) is -0.749. The molecule has 0 aromatic heterocycles. The predicted molar refractivity (Wildman–Crippen MR) is 86.3 cm³/mol. The van der Waals surface area contributed by atoms with Gasteiger partial charge in [0, 0.05) is 12.6 Å². The summed E-state index contributed by atoms with van der Waals surface area (Å²) < 4.78 is 13.4. The van der Waals surface area contributed by atoms with Gasteiger partial charge in [0.05, 0.1) is 5.56 Å². The maximum atomic E-state index is 13.4. The van der Waals surface area contributed by atoms with Gasteiger partial charge in [-0.15, -0.1) is 0 Å². The number of benzene rings is 1. The van der Waals surface area contributed by atoms with E-state index in [2.05, 4.69) is 10.2 Å². The second kappa shape index (κ2) is 7.29. The van der Waals surface area contributed by atoms with E-state index < -0.39 is 11.9 Å². The Balaban J connectivity index is 1.49. The summed E-state index contributed by atoms with van der Waals surface area (Å²) in [6, 6.07) is 6.72. The molecule has 1 unspecified atom stereocenters. The Hall–Kier alpha value is -1.97. The summed E-state index contributed by atoms with van der Waals surface area (Å²) in [7, 11) is 0. The number of nitrogens with zero attached hydrogens (tertiary/aromatic N) is 2. The molecule has 1 saturated carbocycles. The third-order valence-electron chi connectivity index (χ3n) is 4.83. The Morgan fingerprint density at radius 3 is 2.71 bits per heavy atom. The molecule has 3 rings (SSSR count). The van der Waals surface area contributed by atoms with Gasteiger partial charge in [0.1, 0.15) is 18.0 Å². The Bertz CT molecular complexity index is 646. The van der Waals surface area contributed by atoms with Crippen molar-refractivity contribution in [1.82, 2.24) is 10.2 Å². The molecule has 2 N–H and O–H groups in total. The van der Waals surface area contributed by atoms with Gasteiger partial charge in [-0.2, -0.15) is 5.26 Å². The maximum Gasteiger partial charge on any atom is 0.249 e. The number of carbonyl (C=O) groups excluding carboxylic acids is 1. The number of hydrogen-bond donors (Lipinski definition) is 2. The third kappa shape index (κ3) is 4.11. The highest BCUT2D eigenvalue weighted by molar-refractivity contribution is 5.81. The smallest absolute Gasteiger partial charge is 0.249 e. The molecule has 24 heavy (non-hydrogen) atoms. The molecule has 0 spiro atoms. The van der Waals surface area contributed by atoms with Crippen LogP contribution in [0.25, 0.3) is 0 Å². The van der Waals surface area contributed by atoms with Crippen molar-refractivity contribution in [2.75, 3.05) is 13.1 Å². The first-order valence-corrected chi connectivity index (χ1v) is 8.46. The first-order chi connectivity index (χ1) is 11.6. The van der Waals surface area contributed by atoms with Crippen LogP contribution in [0.5, 0.6) is 0 Å². The minimum atomic E-state index is -0.927. The standard InChI is InChI=1S/C18H22FN3O2/c19-16-4-1-12(9-14(16)10-20)11-22-7-5-13(6-8-22)17(23)18(24)21-15-2-3-15/h1,4,9,13,15,17,23H,2-3,5-8,11H2,(H,21,24). The number of hydrogen-bond acceptors (Lipinski definition) is 4. The lowest BCUT2D eigenvalue weighted by Gasteiger charge is -2.33. The van der Waals surface area contributed by atoms with Crippen LogP contribution in [0.4, 0.5) is 4.39 Å². The number of amides is 1. The fourth-order valence-electron chi connectivity index (χ4n) is 3.17. The molecule has 128 valence electrons. The van der Waals surface area contributed by atoms with Gasteiger partial charge < -0.3 is 10.4 Å². The number of aliphatic hydroxyl groups excluding tert-OH is 1. The number of piperidine rings is 1. The topological polar surface area (TPSA) is 76.4 Å². The second-order valence-corrected chi connectivity index (χ2v) is 6.77. The van der Waals surface area contributed by atoms with Gasteiger partial charge in [-0.1, -0.05) is 6.07 Å². The van der Waals surface area contributed by atoms with Crippen molar-refractivity contribution in [3.63, 3.8) is 0 Å². The molecule has 2 fully saturated rings. The number of likely N-dealkylation sites (tertiary alicyclic amines) is 1. The quantitative estimate of drug-likeness (QED) is 0.858. The molecule has 1 atom stereocenters. The molecule has 0 bridgehead atoms. The minimum Gasteiger partial charge on any atom is -0.383 e. The van der Waals surface area contributed by atoms with Crippen LogP contribution in [0.15, 0.2) is 18.2 Å². The summed E-state index contributed by atoms with van der Waals surface area (Å²) in [6.45, 7) is 2.20. The van der Waals surface area contributed by atoms with Crippen LogP contribution in [-0.2, 0) is 11.3 Å². The van der Waals surface area contributed by atoms with Gasteiger partial charge in [-0.05, 0) is 62.4 Å². The Labute approximate surface area is 141 Å². The van der Waals surface area contributed by atoms with E-state index in [9.17, 15) is 14.3 Å². The van der Waals surface area contributed by atoms with Crippen LogP contribution in [0.3, 0.4) is 0 Å². The van der Waals surface area contributed by atoms with Crippen molar-refractivity contribution in [3.8, 4) is 6.07 Å². The molecule has 5 nitrogen and oxygen atoms in total. The number of aliphatic hydroxyl groups is 1. The molecule has 1 saturated heterocycles. The first-order valence-electron chi connectivity index (χ1n) is 8.46. The fourth-order valence-corrected chi connectivity index (χ4v) is 3.17. The van der Waals surface area contributed by atoms with Gasteiger partial charge in [0.15, 0.2) is 0 Å². The van der Waals surface area contributed by atoms with Crippen molar-refractivity contribution in [2.24, 2.45) is 5.92 Å². The molecule has 0 radical (unpaired) electrons. The van der Waals surface area contributed by atoms with Gasteiger partial charge >= 0.3 is 0 Å². The van der Waals surface area contributed by atoms with Crippen molar-refractivity contribution in [3.05, 3.63) is 35.1 Å². The van der Waals surface area contributed by atoms with E-state index in [-0.39, 0.29) is 23.4 Å². The molecule has 1 amide bonds. The average Bonchev–Trinajstić information content (AvgIpc) is 3.40. The number of halogens is 1. The molecule has 1 aliphatic heterocycles. The summed E-state index contributed by atoms with van der Waals surface area (Å²) in [6.07, 6.45) is 2.61. The van der Waals surface area contributed by atoms with Crippen molar-refractivity contribution < 1.29 is 14.3 Å². The zero-order valence-corrected chi connectivity index (χ0v) is 13.5. The highest BCUT2D eigenvalue weighted by atomic mass is 19.1. The van der Waals surface area contributed by atoms with E-state index in [1.54, 1.807) is 12.1 Å². The van der Waals surface area contributed by atoms with Crippen molar-refractivity contribution >= 4 is 5.91 Å². The summed E-state index contributed by atoms with van der Waals surface area (Å²) in [5.41, 5.74) is 0.966. The van der Waals surface area contributed by atoms with Crippen LogP contribution in [0, 0.1) is 23.1 Å². The van der Waals surface area contributed by atoms with E-state index in [0.29, 0.717) is 6.54 Å². The number of rotatable bonds is 5. The normalized spacial score (nSPS) is 20.4. The zero-order valence-electron chi connectivity index (χ0n) is 13.5. The fraction of sp³-hybridized carbons (Fsp3) is 0.556. The Morgan fingerprint density at radius 2 is 2.08 bits per heavy atom. The summed E-state index contributed by atoms with van der Waals surface area (Å²) >= 11 is 0. The van der Waals surface area contributed by atoms with Crippen LogP contribution >= 0.6 is 0 Å². The Morgan fingerprint density at radius 1 is 1.38 bits per heavy atom. The lowest BCUT2D eigenvalue weighted by Crippen LogP contribution is -2.44. The third-order valence-corrected chi connectivity index (χ3v) is 4.83. The monoisotopic (exact) mass is 331 g/mol. The number of nitriles is 1. The van der Waals surface area contributed by atoms with Crippen molar-refractivity contribution in [2.45, 2.75) is 44.4 Å². The lowest BCUT2D eigenvalue weighted by atomic mass is 9.90. The largest absolute Gasteiger partial charge is 0.383 e. The maximum absolute atomic E-state index is 13.4. The van der Waals surface area contributed by atoms with Gasteiger partial charge in [-0.3, -0.25) is 9.69 Å². The van der Waals surface area contributed by atoms with Gasteiger partial charge in [-0.25, -0.2) is 4.39 Å². The highest BCUT2D eigenvalue weighted by Gasteiger charge is 2.32. The molecule has 1 heterocycles. The summed E-state index contributed by atoms with van der Waals surface area (Å²) in [5, 5.41) is 21.9. The van der Waals surface area contributed by atoms with Gasteiger partial charge in [0.25, 0.3) is 0 Å². The summed E-state index contributed by atoms with van der Waals surface area (Å²) in [4.78, 5) is 14.1. The van der Waals surface area contributed by atoms with E-state index in [0.717, 1.165) is 44.3 Å². The molecule has 1 aromatic carbocycles. The van der Waals surface area contributed by atoms with E-state index in [4.69, 9.17) is 5.26 Å². The van der Waals surface area contributed by atoms with Crippen LogP contribution in [0.2, 0.25) is 0 Å². The lowest BCUT2D eigenvalue weighted by molar-refractivity contribution is -0.133. The molecular weight excluding hydrogens is 309 g/mol. The number of carbonyl (C=O) groups is 1. The molecule has 1 aromatic rings. The Kier molecular flexibility index (Phi) is 5.12.